The van der Waals surface area contributed by atoms with Crippen LogP contribution in [-0.2, 0) is 24.7 Å². The lowest BCUT2D eigenvalue weighted by Crippen LogP contribution is -2.53. The van der Waals surface area contributed by atoms with Gasteiger partial charge in [0.1, 0.15) is 11.4 Å². The summed E-state index contributed by atoms with van der Waals surface area (Å²) in [7, 11) is 1.56. The fourth-order valence-corrected chi connectivity index (χ4v) is 5.13. The standard InChI is InChI=1S/C21H26FN3O4/c1-11(2)9-15-16-17(19(27)25(18(16)26)7-4-8-29-3)21(24-15)13-10-12(22)5-6-14(13)23-20(21)28/h5-6,10-11,15-17,24H,4,7-9H2,1-3H3,(H,23,28)/t15-,16-,17+,21-/m1/s1. The molecule has 3 amide bonds. The van der Waals surface area contributed by atoms with Crippen molar-refractivity contribution in [3.8, 4) is 0 Å². The Labute approximate surface area is 169 Å². The van der Waals surface area contributed by atoms with Crippen LogP contribution in [0.15, 0.2) is 18.2 Å². The van der Waals surface area contributed by atoms with E-state index < -0.39 is 29.1 Å². The van der Waals surface area contributed by atoms with Crippen molar-refractivity contribution in [3.63, 3.8) is 0 Å². The number of imide groups is 1. The Balaban J connectivity index is 1.79. The second-order valence-corrected chi connectivity index (χ2v) is 8.51. The highest BCUT2D eigenvalue weighted by atomic mass is 19.1. The van der Waals surface area contributed by atoms with Crippen LogP contribution in [0.25, 0.3) is 0 Å². The summed E-state index contributed by atoms with van der Waals surface area (Å²) in [6.45, 7) is 4.74. The van der Waals surface area contributed by atoms with Crippen LogP contribution in [0.5, 0.6) is 0 Å². The van der Waals surface area contributed by atoms with Crippen LogP contribution in [0.2, 0.25) is 0 Å². The average Bonchev–Trinajstić information content (AvgIpc) is 3.22. The van der Waals surface area contributed by atoms with Gasteiger partial charge in [0, 0.05) is 37.6 Å². The lowest BCUT2D eigenvalue weighted by Gasteiger charge is -2.29. The highest BCUT2D eigenvalue weighted by molar-refractivity contribution is 6.15. The van der Waals surface area contributed by atoms with Crippen LogP contribution in [0.3, 0.4) is 0 Å². The van der Waals surface area contributed by atoms with Crippen LogP contribution < -0.4 is 10.6 Å². The minimum Gasteiger partial charge on any atom is -0.385 e. The molecule has 156 valence electrons. The van der Waals surface area contributed by atoms with Gasteiger partial charge in [-0.1, -0.05) is 13.8 Å². The molecule has 2 N–H and O–H groups in total. The van der Waals surface area contributed by atoms with E-state index in [0.717, 1.165) is 0 Å². The summed E-state index contributed by atoms with van der Waals surface area (Å²) in [6.07, 6.45) is 1.16. The predicted octanol–water partition coefficient (Wildman–Crippen LogP) is 1.63. The molecule has 3 aliphatic heterocycles. The molecular weight excluding hydrogens is 377 g/mol. The molecule has 0 aromatic heterocycles. The third-order valence-electron chi connectivity index (χ3n) is 6.22. The fourth-order valence-electron chi connectivity index (χ4n) is 5.13. The molecule has 1 aromatic rings. The summed E-state index contributed by atoms with van der Waals surface area (Å²) in [5.41, 5.74) is -0.542. The smallest absolute Gasteiger partial charge is 0.250 e. The van der Waals surface area contributed by atoms with Crippen molar-refractivity contribution in [1.29, 1.82) is 0 Å². The van der Waals surface area contributed by atoms with Gasteiger partial charge in [-0.25, -0.2) is 4.39 Å². The fraction of sp³-hybridized carbons (Fsp3) is 0.571. The summed E-state index contributed by atoms with van der Waals surface area (Å²) >= 11 is 0. The summed E-state index contributed by atoms with van der Waals surface area (Å²) in [4.78, 5) is 41.0. The van der Waals surface area contributed by atoms with E-state index in [-0.39, 0.29) is 30.3 Å². The molecule has 0 radical (unpaired) electrons. The van der Waals surface area contributed by atoms with Crippen molar-refractivity contribution in [2.75, 3.05) is 25.6 Å². The number of benzene rings is 1. The molecule has 29 heavy (non-hydrogen) atoms. The molecule has 0 aliphatic carbocycles. The number of ether oxygens (including phenoxy) is 1. The number of nitrogens with one attached hydrogen (secondary N) is 2. The van der Waals surface area contributed by atoms with Gasteiger partial charge in [-0.05, 0) is 37.0 Å². The SMILES string of the molecule is COCCCN1C(=O)[C@H]2[C@@H](C1=O)[C@@]1(N[C@@H]2CC(C)C)C(=O)Nc2ccc(F)cc21. The Morgan fingerprint density at radius 1 is 1.24 bits per heavy atom. The third-order valence-corrected chi connectivity index (χ3v) is 6.22. The quantitative estimate of drug-likeness (QED) is 0.557. The van der Waals surface area contributed by atoms with E-state index in [9.17, 15) is 18.8 Å². The molecular formula is C21H26FN3O4. The predicted molar refractivity (Wildman–Crippen MR) is 103 cm³/mol. The number of amides is 3. The van der Waals surface area contributed by atoms with Crippen LogP contribution in [0.1, 0.15) is 32.3 Å². The number of hydrogen-bond acceptors (Lipinski definition) is 5. The van der Waals surface area contributed by atoms with Gasteiger partial charge in [0.05, 0.1) is 11.8 Å². The van der Waals surface area contributed by atoms with Crippen LogP contribution in [0, 0.1) is 23.6 Å². The number of nitrogens with zero attached hydrogens (tertiary/aromatic N) is 1. The van der Waals surface area contributed by atoms with Gasteiger partial charge in [0.2, 0.25) is 17.7 Å². The Bertz CT molecular complexity index is 873. The number of carbonyl (C=O) groups excluding carboxylic acids is 3. The maximum atomic E-state index is 14.1. The second-order valence-electron chi connectivity index (χ2n) is 8.51. The van der Waals surface area contributed by atoms with Crippen molar-refractivity contribution in [3.05, 3.63) is 29.6 Å². The van der Waals surface area contributed by atoms with Crippen molar-refractivity contribution >= 4 is 23.4 Å². The number of methoxy groups -OCH3 is 1. The van der Waals surface area contributed by atoms with E-state index in [4.69, 9.17) is 4.74 Å². The first-order valence-electron chi connectivity index (χ1n) is 10.0. The number of fused-ring (bicyclic) bond motifs is 4. The first kappa shape index (κ1) is 20.0. The van der Waals surface area contributed by atoms with E-state index in [0.29, 0.717) is 30.7 Å². The number of halogens is 1. The molecule has 1 spiro atoms. The van der Waals surface area contributed by atoms with Gasteiger partial charge in [0.25, 0.3) is 0 Å². The minimum absolute atomic E-state index is 0.251. The summed E-state index contributed by atoms with van der Waals surface area (Å²) < 4.78 is 19.1. The van der Waals surface area contributed by atoms with Crippen LogP contribution in [0.4, 0.5) is 10.1 Å². The van der Waals surface area contributed by atoms with Crippen LogP contribution in [-0.4, -0.2) is 48.9 Å². The van der Waals surface area contributed by atoms with Gasteiger partial charge >= 0.3 is 0 Å². The third kappa shape index (κ3) is 2.88. The topological polar surface area (TPSA) is 87.7 Å². The molecule has 2 saturated heterocycles. The zero-order chi connectivity index (χ0) is 20.9. The molecule has 1 aromatic carbocycles. The molecule has 8 heteroatoms. The highest BCUT2D eigenvalue weighted by Gasteiger charge is 2.70. The zero-order valence-electron chi connectivity index (χ0n) is 16.8. The van der Waals surface area contributed by atoms with Gasteiger partial charge in [0.15, 0.2) is 0 Å². The van der Waals surface area contributed by atoms with E-state index in [1.165, 1.54) is 23.1 Å². The summed E-state index contributed by atoms with van der Waals surface area (Å²) in [5, 5.41) is 6.09. The molecule has 7 nitrogen and oxygen atoms in total. The number of carbonyl (C=O) groups is 3. The number of rotatable bonds is 6. The molecule has 2 fully saturated rings. The van der Waals surface area contributed by atoms with E-state index in [2.05, 4.69) is 10.6 Å². The van der Waals surface area contributed by atoms with Crippen molar-refractivity contribution in [1.82, 2.24) is 10.2 Å². The maximum absolute atomic E-state index is 14.1. The molecule has 0 bridgehead atoms. The van der Waals surface area contributed by atoms with Gasteiger partial charge in [-0.2, -0.15) is 0 Å². The van der Waals surface area contributed by atoms with Gasteiger partial charge < -0.3 is 10.1 Å². The first-order chi connectivity index (χ1) is 13.8. The lowest BCUT2D eigenvalue weighted by atomic mass is 9.76. The monoisotopic (exact) mass is 403 g/mol. The highest BCUT2D eigenvalue weighted by Crippen LogP contribution is 2.53. The zero-order valence-corrected chi connectivity index (χ0v) is 16.8. The first-order valence-corrected chi connectivity index (χ1v) is 10.0. The van der Waals surface area contributed by atoms with Crippen LogP contribution >= 0.6 is 0 Å². The Hall–Kier alpha value is -2.32. The molecule has 3 aliphatic rings. The normalized spacial score (nSPS) is 30.4. The average molecular weight is 403 g/mol. The Kier molecular flexibility index (Phi) is 4.94. The molecule has 0 unspecified atom stereocenters. The van der Waals surface area contributed by atoms with Crippen molar-refractivity contribution < 1.29 is 23.5 Å². The number of likely N-dealkylation sites (tertiary alicyclic amines) is 1. The van der Waals surface area contributed by atoms with Crippen molar-refractivity contribution in [2.45, 2.75) is 38.3 Å². The second kappa shape index (κ2) is 7.18. The molecule has 4 atom stereocenters. The van der Waals surface area contributed by atoms with Crippen molar-refractivity contribution in [2.24, 2.45) is 17.8 Å². The minimum atomic E-state index is -1.43. The Morgan fingerprint density at radius 3 is 2.69 bits per heavy atom. The summed E-state index contributed by atoms with van der Waals surface area (Å²) in [6, 6.07) is 3.72. The molecule has 0 saturated carbocycles. The number of hydrogen-bond donors (Lipinski definition) is 2. The Morgan fingerprint density at radius 2 is 2.00 bits per heavy atom. The lowest BCUT2D eigenvalue weighted by molar-refractivity contribution is -0.143. The van der Waals surface area contributed by atoms with Gasteiger partial charge in [-0.15, -0.1) is 0 Å². The maximum Gasteiger partial charge on any atom is 0.250 e. The molecule has 4 rings (SSSR count). The number of anilines is 1. The van der Waals surface area contributed by atoms with Gasteiger partial charge in [-0.3, -0.25) is 24.6 Å². The van der Waals surface area contributed by atoms with E-state index in [1.54, 1.807) is 7.11 Å². The molecule has 3 heterocycles. The summed E-state index contributed by atoms with van der Waals surface area (Å²) in [5.74, 6) is -2.80. The largest absolute Gasteiger partial charge is 0.385 e. The van der Waals surface area contributed by atoms with E-state index >= 15 is 0 Å². The van der Waals surface area contributed by atoms with E-state index in [1.807, 2.05) is 13.8 Å².